The summed E-state index contributed by atoms with van der Waals surface area (Å²) in [6, 6.07) is 5.34. The van der Waals surface area contributed by atoms with Crippen molar-refractivity contribution in [2.45, 2.75) is 6.92 Å². The van der Waals surface area contributed by atoms with Crippen LogP contribution in [0.25, 0.3) is 0 Å². The monoisotopic (exact) mass is 321 g/mol. The van der Waals surface area contributed by atoms with Crippen molar-refractivity contribution in [3.05, 3.63) is 56.7 Å². The Bertz CT molecular complexity index is 749. The van der Waals surface area contributed by atoms with E-state index in [9.17, 15) is 14.9 Å². The summed E-state index contributed by atoms with van der Waals surface area (Å²) in [6.07, 6.45) is 1.60. The summed E-state index contributed by atoms with van der Waals surface area (Å²) in [7, 11) is 1.44. The Morgan fingerprint density at radius 3 is 2.73 bits per heavy atom. The number of non-ortho nitro benzene ring substituents is 1. The minimum absolute atomic E-state index is 0.00807. The number of halogens is 1. The van der Waals surface area contributed by atoms with Crippen molar-refractivity contribution in [3.63, 3.8) is 0 Å². The topological polar surface area (TPSA) is 94.4 Å². The van der Waals surface area contributed by atoms with Gasteiger partial charge in [0.1, 0.15) is 5.69 Å². The van der Waals surface area contributed by atoms with Gasteiger partial charge in [0.2, 0.25) is 5.88 Å². The number of hydrogen-bond donors (Lipinski definition) is 1. The molecule has 1 aromatic heterocycles. The van der Waals surface area contributed by atoms with Crippen LogP contribution in [0.15, 0.2) is 30.5 Å². The van der Waals surface area contributed by atoms with Crippen LogP contribution in [0.4, 0.5) is 11.4 Å². The van der Waals surface area contributed by atoms with Gasteiger partial charge in [-0.15, -0.1) is 0 Å². The van der Waals surface area contributed by atoms with Crippen LogP contribution >= 0.6 is 11.6 Å². The molecule has 1 aromatic carbocycles. The number of pyridine rings is 1. The van der Waals surface area contributed by atoms with Crippen LogP contribution in [-0.2, 0) is 0 Å². The van der Waals surface area contributed by atoms with Gasteiger partial charge in [0.25, 0.3) is 11.6 Å². The van der Waals surface area contributed by atoms with Crippen LogP contribution in [0.2, 0.25) is 5.02 Å². The van der Waals surface area contributed by atoms with Crippen molar-refractivity contribution < 1.29 is 14.5 Å². The van der Waals surface area contributed by atoms with Crippen LogP contribution in [-0.4, -0.2) is 22.9 Å². The molecule has 0 aliphatic heterocycles. The zero-order valence-electron chi connectivity index (χ0n) is 11.8. The van der Waals surface area contributed by atoms with E-state index in [0.29, 0.717) is 5.69 Å². The third kappa shape index (κ3) is 3.32. The third-order valence-corrected chi connectivity index (χ3v) is 3.15. The Kier molecular flexibility index (Phi) is 4.57. The maximum atomic E-state index is 12.2. The largest absolute Gasteiger partial charge is 0.480 e. The number of nitro groups is 1. The standard InChI is InChI=1S/C14H12ClN3O4/c1-8-5-12(14(22-2)16-7-8)17-13(19)10-4-3-9(18(20)21)6-11(10)15/h3-7H,1-2H3,(H,17,19). The predicted octanol–water partition coefficient (Wildman–Crippen LogP) is 3.21. The number of aromatic nitrogens is 1. The van der Waals surface area contributed by atoms with Crippen LogP contribution < -0.4 is 10.1 Å². The van der Waals surface area contributed by atoms with E-state index in [0.717, 1.165) is 11.6 Å². The Hall–Kier alpha value is -2.67. The lowest BCUT2D eigenvalue weighted by atomic mass is 10.2. The number of nitrogens with zero attached hydrogens (tertiary/aromatic N) is 2. The molecule has 0 saturated carbocycles. The molecule has 0 spiro atoms. The number of ether oxygens (including phenoxy) is 1. The highest BCUT2D eigenvalue weighted by Gasteiger charge is 2.16. The number of benzene rings is 1. The van der Waals surface area contributed by atoms with Gasteiger partial charge in [-0.25, -0.2) is 4.98 Å². The van der Waals surface area contributed by atoms with Gasteiger partial charge in [0.15, 0.2) is 0 Å². The molecule has 0 bridgehead atoms. The molecule has 0 radical (unpaired) electrons. The lowest BCUT2D eigenvalue weighted by molar-refractivity contribution is -0.384. The second kappa shape index (κ2) is 6.40. The molecule has 1 N–H and O–H groups in total. The molecule has 0 atom stereocenters. The molecule has 8 heteroatoms. The fourth-order valence-electron chi connectivity index (χ4n) is 1.80. The first-order valence-electron chi connectivity index (χ1n) is 6.18. The number of aryl methyl sites for hydroxylation is 1. The lowest BCUT2D eigenvalue weighted by Gasteiger charge is -2.10. The SMILES string of the molecule is COc1ncc(C)cc1NC(=O)c1ccc([N+](=O)[O-])cc1Cl. The summed E-state index contributed by atoms with van der Waals surface area (Å²) in [6.45, 7) is 1.82. The van der Waals surface area contributed by atoms with Gasteiger partial charge in [-0.2, -0.15) is 0 Å². The Balaban J connectivity index is 2.30. The van der Waals surface area contributed by atoms with E-state index < -0.39 is 10.8 Å². The van der Waals surface area contributed by atoms with Gasteiger partial charge in [-0.3, -0.25) is 14.9 Å². The summed E-state index contributed by atoms with van der Waals surface area (Å²) in [5.74, 6) is -0.248. The number of amides is 1. The molecule has 2 rings (SSSR count). The third-order valence-electron chi connectivity index (χ3n) is 2.84. The molecule has 1 amide bonds. The molecule has 0 unspecified atom stereocenters. The van der Waals surface area contributed by atoms with E-state index in [1.807, 2.05) is 6.92 Å². The number of anilines is 1. The number of nitrogens with one attached hydrogen (secondary N) is 1. The molecule has 0 fully saturated rings. The van der Waals surface area contributed by atoms with E-state index in [4.69, 9.17) is 16.3 Å². The van der Waals surface area contributed by atoms with Gasteiger partial charge in [0, 0.05) is 18.3 Å². The summed E-state index contributed by atoms with van der Waals surface area (Å²) >= 11 is 5.93. The normalized spacial score (nSPS) is 10.1. The first-order valence-corrected chi connectivity index (χ1v) is 6.56. The summed E-state index contributed by atoms with van der Waals surface area (Å²) < 4.78 is 5.07. The van der Waals surface area contributed by atoms with Crippen molar-refractivity contribution in [2.24, 2.45) is 0 Å². The Morgan fingerprint density at radius 1 is 1.41 bits per heavy atom. The highest BCUT2D eigenvalue weighted by molar-refractivity contribution is 6.34. The minimum Gasteiger partial charge on any atom is -0.480 e. The molecule has 1 heterocycles. The zero-order valence-corrected chi connectivity index (χ0v) is 12.5. The number of carbonyl (C=O) groups is 1. The van der Waals surface area contributed by atoms with Crippen molar-refractivity contribution in [3.8, 4) is 5.88 Å². The predicted molar refractivity (Wildman–Crippen MR) is 81.6 cm³/mol. The highest BCUT2D eigenvalue weighted by Crippen LogP contribution is 2.26. The second-order valence-electron chi connectivity index (χ2n) is 4.44. The summed E-state index contributed by atoms with van der Waals surface area (Å²) in [5, 5.41) is 13.3. The maximum Gasteiger partial charge on any atom is 0.270 e. The van der Waals surface area contributed by atoms with Crippen molar-refractivity contribution in [2.75, 3.05) is 12.4 Å². The fraction of sp³-hybridized carbons (Fsp3) is 0.143. The molecule has 2 aromatic rings. The molecule has 0 aliphatic rings. The van der Waals surface area contributed by atoms with E-state index in [1.54, 1.807) is 12.3 Å². The summed E-state index contributed by atoms with van der Waals surface area (Å²) in [4.78, 5) is 26.4. The summed E-state index contributed by atoms with van der Waals surface area (Å²) in [5.41, 5.74) is 1.17. The van der Waals surface area contributed by atoms with Crippen molar-refractivity contribution in [1.29, 1.82) is 0 Å². The average molecular weight is 322 g/mol. The first-order chi connectivity index (χ1) is 10.4. The number of hydrogen-bond acceptors (Lipinski definition) is 5. The molecular formula is C14H12ClN3O4. The molecule has 0 aliphatic carbocycles. The van der Waals surface area contributed by atoms with Gasteiger partial charge in [-0.05, 0) is 24.6 Å². The van der Waals surface area contributed by atoms with Crippen molar-refractivity contribution in [1.82, 2.24) is 4.98 Å². The quantitative estimate of drug-likeness (QED) is 0.689. The smallest absolute Gasteiger partial charge is 0.270 e. The minimum atomic E-state index is -0.582. The van der Waals surface area contributed by atoms with Crippen LogP contribution in [0, 0.1) is 17.0 Å². The van der Waals surface area contributed by atoms with Gasteiger partial charge < -0.3 is 10.1 Å². The first kappa shape index (κ1) is 15.7. The Morgan fingerprint density at radius 2 is 2.14 bits per heavy atom. The van der Waals surface area contributed by atoms with E-state index in [-0.39, 0.29) is 22.2 Å². The zero-order chi connectivity index (χ0) is 16.3. The van der Waals surface area contributed by atoms with Crippen molar-refractivity contribution >= 4 is 28.9 Å². The maximum absolute atomic E-state index is 12.2. The molecule has 114 valence electrons. The highest BCUT2D eigenvalue weighted by atomic mass is 35.5. The molecule has 22 heavy (non-hydrogen) atoms. The number of methoxy groups -OCH3 is 1. The van der Waals surface area contributed by atoms with Crippen LogP contribution in [0.3, 0.4) is 0 Å². The van der Waals surface area contributed by atoms with Gasteiger partial charge in [-0.1, -0.05) is 11.6 Å². The Labute approximate surface area is 131 Å². The molecule has 0 saturated heterocycles. The molecule has 7 nitrogen and oxygen atoms in total. The fourth-order valence-corrected chi connectivity index (χ4v) is 2.06. The van der Waals surface area contributed by atoms with E-state index >= 15 is 0 Å². The average Bonchev–Trinajstić information content (AvgIpc) is 2.47. The van der Waals surface area contributed by atoms with Gasteiger partial charge >= 0.3 is 0 Å². The van der Waals surface area contributed by atoms with Crippen LogP contribution in [0.1, 0.15) is 15.9 Å². The number of rotatable bonds is 4. The molecular weight excluding hydrogens is 310 g/mol. The number of nitro benzene ring substituents is 1. The lowest BCUT2D eigenvalue weighted by Crippen LogP contribution is -2.14. The second-order valence-corrected chi connectivity index (χ2v) is 4.85. The van der Waals surface area contributed by atoms with E-state index in [2.05, 4.69) is 10.3 Å². The van der Waals surface area contributed by atoms with Gasteiger partial charge in [0.05, 0.1) is 22.6 Å². The number of carbonyl (C=O) groups excluding carboxylic acids is 1. The van der Waals surface area contributed by atoms with Crippen LogP contribution in [0.5, 0.6) is 5.88 Å². The van der Waals surface area contributed by atoms with E-state index in [1.165, 1.54) is 19.2 Å².